The number of sulfonamides is 1. The quantitative estimate of drug-likeness (QED) is 0.916. The number of hydrogen-bond donors (Lipinski definition) is 1. The second kappa shape index (κ2) is 6.70. The summed E-state index contributed by atoms with van der Waals surface area (Å²) in [6.45, 7) is 3.82. The van der Waals surface area contributed by atoms with Crippen molar-refractivity contribution in [2.24, 2.45) is 0 Å². The smallest absolute Gasteiger partial charge is 0.208 e. The second-order valence-corrected chi connectivity index (χ2v) is 6.61. The summed E-state index contributed by atoms with van der Waals surface area (Å²) in [5.74, 6) is 0. The lowest BCUT2D eigenvalue weighted by atomic mass is 10.1. The van der Waals surface area contributed by atoms with Crippen molar-refractivity contribution in [2.45, 2.75) is 19.9 Å². The molecule has 1 N–H and O–H groups in total. The lowest BCUT2D eigenvalue weighted by Gasteiger charge is -2.12. The average molecular weight is 301 g/mol. The van der Waals surface area contributed by atoms with Crippen molar-refractivity contribution in [1.82, 2.24) is 4.72 Å². The standard InChI is InChI=1S/C17H19NO2S/c1-14-8-10-16(11-9-14)12-13-21(19,20)18-15(2)17-6-4-3-5-7-17/h3-13,15,18H,1-2H3/b13-12+. The molecule has 2 aromatic rings. The largest absolute Gasteiger partial charge is 0.234 e. The van der Waals surface area contributed by atoms with Gasteiger partial charge in [-0.1, -0.05) is 60.2 Å². The Bertz CT molecular complexity index is 704. The van der Waals surface area contributed by atoms with Crippen molar-refractivity contribution in [3.05, 3.63) is 76.7 Å². The van der Waals surface area contributed by atoms with E-state index in [-0.39, 0.29) is 6.04 Å². The summed E-state index contributed by atoms with van der Waals surface area (Å²) in [7, 11) is -3.47. The van der Waals surface area contributed by atoms with Crippen LogP contribution in [0.2, 0.25) is 0 Å². The molecule has 0 aliphatic heterocycles. The average Bonchev–Trinajstić information content (AvgIpc) is 2.47. The van der Waals surface area contributed by atoms with Crippen molar-refractivity contribution < 1.29 is 8.42 Å². The molecule has 0 bridgehead atoms. The van der Waals surface area contributed by atoms with E-state index in [0.29, 0.717) is 0 Å². The molecule has 0 fully saturated rings. The summed E-state index contributed by atoms with van der Waals surface area (Å²) in [6.07, 6.45) is 1.60. The van der Waals surface area contributed by atoms with Crippen LogP contribution < -0.4 is 4.72 Å². The van der Waals surface area contributed by atoms with Crippen LogP contribution in [0.25, 0.3) is 6.08 Å². The second-order valence-electron chi connectivity index (χ2n) is 5.01. The van der Waals surface area contributed by atoms with E-state index in [1.54, 1.807) is 6.08 Å². The van der Waals surface area contributed by atoms with E-state index >= 15 is 0 Å². The number of benzene rings is 2. The van der Waals surface area contributed by atoms with Crippen molar-refractivity contribution in [1.29, 1.82) is 0 Å². The molecule has 2 rings (SSSR count). The monoisotopic (exact) mass is 301 g/mol. The van der Waals surface area contributed by atoms with Crippen LogP contribution in [0.4, 0.5) is 0 Å². The Morgan fingerprint density at radius 1 is 1.00 bits per heavy atom. The zero-order valence-electron chi connectivity index (χ0n) is 12.2. The SMILES string of the molecule is Cc1ccc(/C=C/S(=O)(=O)NC(C)c2ccccc2)cc1. The molecule has 3 nitrogen and oxygen atoms in total. The first-order chi connectivity index (χ1) is 9.96. The van der Waals surface area contributed by atoms with Crippen molar-refractivity contribution in [3.8, 4) is 0 Å². The summed E-state index contributed by atoms with van der Waals surface area (Å²) in [5.41, 5.74) is 2.94. The Morgan fingerprint density at radius 2 is 1.62 bits per heavy atom. The lowest BCUT2D eigenvalue weighted by Crippen LogP contribution is -2.24. The van der Waals surface area contributed by atoms with Gasteiger partial charge in [0.25, 0.3) is 0 Å². The Hall–Kier alpha value is -1.91. The van der Waals surface area contributed by atoms with Gasteiger partial charge in [0.1, 0.15) is 0 Å². The zero-order valence-corrected chi connectivity index (χ0v) is 13.0. The molecule has 0 saturated heterocycles. The molecule has 110 valence electrons. The molecule has 0 radical (unpaired) electrons. The zero-order chi connectivity index (χ0) is 15.3. The van der Waals surface area contributed by atoms with Gasteiger partial charge in [0.15, 0.2) is 0 Å². The third-order valence-corrected chi connectivity index (χ3v) is 4.33. The lowest BCUT2D eigenvalue weighted by molar-refractivity contribution is 0.576. The molecule has 0 amide bonds. The number of rotatable bonds is 5. The minimum atomic E-state index is -3.47. The van der Waals surface area contributed by atoms with Gasteiger partial charge in [0.05, 0.1) is 0 Å². The highest BCUT2D eigenvalue weighted by molar-refractivity contribution is 7.92. The van der Waals surface area contributed by atoms with Gasteiger partial charge in [-0.2, -0.15) is 0 Å². The van der Waals surface area contributed by atoms with Crippen LogP contribution in [0, 0.1) is 6.92 Å². The van der Waals surface area contributed by atoms with Gasteiger partial charge in [0.2, 0.25) is 10.0 Å². The van der Waals surface area contributed by atoms with Crippen LogP contribution in [0.3, 0.4) is 0 Å². The van der Waals surface area contributed by atoms with E-state index in [4.69, 9.17) is 0 Å². The van der Waals surface area contributed by atoms with E-state index in [2.05, 4.69) is 4.72 Å². The van der Waals surface area contributed by atoms with Gasteiger partial charge in [-0.3, -0.25) is 0 Å². The van der Waals surface area contributed by atoms with E-state index < -0.39 is 10.0 Å². The highest BCUT2D eigenvalue weighted by Crippen LogP contribution is 2.13. The Morgan fingerprint density at radius 3 is 2.24 bits per heavy atom. The third-order valence-electron chi connectivity index (χ3n) is 3.16. The van der Waals surface area contributed by atoms with Gasteiger partial charge >= 0.3 is 0 Å². The maximum atomic E-state index is 12.1. The first kappa shape index (κ1) is 15.5. The molecule has 4 heteroatoms. The molecular weight excluding hydrogens is 282 g/mol. The molecule has 0 saturated carbocycles. The van der Waals surface area contributed by atoms with E-state index in [0.717, 1.165) is 16.7 Å². The fourth-order valence-electron chi connectivity index (χ4n) is 1.94. The number of aryl methyl sites for hydroxylation is 1. The van der Waals surface area contributed by atoms with E-state index in [9.17, 15) is 8.42 Å². The molecule has 0 aliphatic carbocycles. The molecular formula is C17H19NO2S. The van der Waals surface area contributed by atoms with Crippen LogP contribution in [-0.4, -0.2) is 8.42 Å². The molecule has 0 aliphatic rings. The van der Waals surface area contributed by atoms with Crippen molar-refractivity contribution >= 4 is 16.1 Å². The van der Waals surface area contributed by atoms with Gasteiger partial charge in [-0.15, -0.1) is 0 Å². The summed E-state index contributed by atoms with van der Waals surface area (Å²) in [4.78, 5) is 0. The van der Waals surface area contributed by atoms with Crippen LogP contribution in [-0.2, 0) is 10.0 Å². The Kier molecular flexibility index (Phi) is 4.94. The summed E-state index contributed by atoms with van der Waals surface area (Å²) < 4.78 is 26.8. The first-order valence-electron chi connectivity index (χ1n) is 6.78. The minimum absolute atomic E-state index is 0.265. The summed E-state index contributed by atoms with van der Waals surface area (Å²) >= 11 is 0. The highest BCUT2D eigenvalue weighted by atomic mass is 32.2. The minimum Gasteiger partial charge on any atom is -0.208 e. The number of hydrogen-bond acceptors (Lipinski definition) is 2. The Labute approximate surface area is 126 Å². The van der Waals surface area contributed by atoms with Gasteiger partial charge in [-0.25, -0.2) is 13.1 Å². The molecule has 1 unspecified atom stereocenters. The molecule has 1 atom stereocenters. The molecule has 0 aromatic heterocycles. The predicted molar refractivity (Wildman–Crippen MR) is 87.1 cm³/mol. The van der Waals surface area contributed by atoms with Gasteiger partial charge in [0, 0.05) is 11.4 Å². The summed E-state index contributed by atoms with van der Waals surface area (Å²) in [6, 6.07) is 16.9. The molecule has 2 aromatic carbocycles. The molecule has 0 heterocycles. The highest BCUT2D eigenvalue weighted by Gasteiger charge is 2.12. The third kappa shape index (κ3) is 4.85. The maximum Gasteiger partial charge on any atom is 0.234 e. The van der Waals surface area contributed by atoms with Crippen LogP contribution in [0.5, 0.6) is 0 Å². The fraction of sp³-hybridized carbons (Fsp3) is 0.176. The topological polar surface area (TPSA) is 46.2 Å². The predicted octanol–water partition coefficient (Wildman–Crippen LogP) is 3.65. The summed E-state index contributed by atoms with van der Waals surface area (Å²) in [5, 5.41) is 1.21. The Balaban J connectivity index is 2.06. The first-order valence-corrected chi connectivity index (χ1v) is 8.33. The van der Waals surface area contributed by atoms with Crippen molar-refractivity contribution in [2.75, 3.05) is 0 Å². The van der Waals surface area contributed by atoms with Gasteiger partial charge in [-0.05, 0) is 31.1 Å². The van der Waals surface area contributed by atoms with E-state index in [1.807, 2.05) is 68.4 Å². The normalized spacial score (nSPS) is 13.4. The molecule has 0 spiro atoms. The van der Waals surface area contributed by atoms with Crippen LogP contribution in [0.15, 0.2) is 60.0 Å². The fourth-order valence-corrected chi connectivity index (χ4v) is 2.98. The number of nitrogens with one attached hydrogen (secondary N) is 1. The maximum absolute atomic E-state index is 12.1. The van der Waals surface area contributed by atoms with Crippen LogP contribution >= 0.6 is 0 Å². The molecule has 21 heavy (non-hydrogen) atoms. The van der Waals surface area contributed by atoms with Gasteiger partial charge < -0.3 is 0 Å². The van der Waals surface area contributed by atoms with Crippen LogP contribution in [0.1, 0.15) is 29.7 Å². The van der Waals surface area contributed by atoms with E-state index in [1.165, 1.54) is 5.41 Å². The van der Waals surface area contributed by atoms with Crippen molar-refractivity contribution in [3.63, 3.8) is 0 Å².